The Morgan fingerprint density at radius 2 is 2.00 bits per heavy atom. The second-order valence-corrected chi connectivity index (χ2v) is 10.2. The number of nitrogens with one attached hydrogen (secondary N) is 1. The van der Waals surface area contributed by atoms with Crippen LogP contribution in [0.15, 0.2) is 65.0 Å². The zero-order valence-corrected chi connectivity index (χ0v) is 19.6. The van der Waals surface area contributed by atoms with E-state index in [1.807, 2.05) is 30.3 Å². The summed E-state index contributed by atoms with van der Waals surface area (Å²) >= 11 is 1.44. The maximum absolute atomic E-state index is 13.5. The third-order valence-corrected chi connectivity index (χ3v) is 6.91. The molecule has 0 bridgehead atoms. The van der Waals surface area contributed by atoms with E-state index in [2.05, 4.69) is 19.2 Å². The third kappa shape index (κ3) is 4.27. The third-order valence-electron chi connectivity index (χ3n) is 6.00. The SMILES string of the molecule is COc1ccc([C@@H]2C3=C(CC(C)(C)CC3=O)Nc3nc(SCc4cccc(F)c4)nn32)cc1. The van der Waals surface area contributed by atoms with Crippen molar-refractivity contribution in [2.24, 2.45) is 5.41 Å². The second-order valence-electron chi connectivity index (χ2n) is 9.22. The van der Waals surface area contributed by atoms with Gasteiger partial charge in [0.25, 0.3) is 0 Å². The van der Waals surface area contributed by atoms with Crippen molar-refractivity contribution >= 4 is 23.5 Å². The molecule has 33 heavy (non-hydrogen) atoms. The van der Waals surface area contributed by atoms with Crippen LogP contribution in [0.2, 0.25) is 0 Å². The number of benzene rings is 2. The standard InChI is InChI=1S/C25H25FN4O2S/c1-25(2)12-19-21(20(31)13-25)22(16-7-9-18(32-3)10-8-16)30-23(27-19)28-24(29-30)33-14-15-5-4-6-17(26)11-15/h4-11,22H,12-14H2,1-3H3,(H,27,28,29)/t22-/m1/s1. The van der Waals surface area contributed by atoms with Crippen molar-refractivity contribution in [3.05, 3.63) is 76.7 Å². The molecule has 1 N–H and O–H groups in total. The molecule has 2 aromatic carbocycles. The maximum Gasteiger partial charge on any atom is 0.227 e. The predicted molar refractivity (Wildman–Crippen MR) is 126 cm³/mol. The number of carbonyl (C=O) groups is 1. The molecule has 170 valence electrons. The fourth-order valence-corrected chi connectivity index (χ4v) is 5.29. The van der Waals surface area contributed by atoms with Crippen LogP contribution in [0.3, 0.4) is 0 Å². The molecule has 6 nitrogen and oxygen atoms in total. The normalized spacial score (nSPS) is 19.0. The molecule has 1 aliphatic heterocycles. The van der Waals surface area contributed by atoms with E-state index >= 15 is 0 Å². The number of methoxy groups -OCH3 is 1. The Morgan fingerprint density at radius 3 is 2.73 bits per heavy atom. The minimum atomic E-state index is -0.359. The number of ether oxygens (including phenoxy) is 1. The number of ketones is 1. The number of hydrogen-bond acceptors (Lipinski definition) is 6. The Balaban J connectivity index is 1.52. The predicted octanol–water partition coefficient (Wildman–Crippen LogP) is 5.38. The highest BCUT2D eigenvalue weighted by molar-refractivity contribution is 7.98. The van der Waals surface area contributed by atoms with Gasteiger partial charge in [-0.2, -0.15) is 4.98 Å². The molecule has 2 heterocycles. The molecule has 1 aromatic heterocycles. The van der Waals surface area contributed by atoms with Crippen LogP contribution in [0.4, 0.5) is 10.3 Å². The zero-order valence-electron chi connectivity index (χ0n) is 18.8. The van der Waals surface area contributed by atoms with Crippen LogP contribution < -0.4 is 10.1 Å². The van der Waals surface area contributed by atoms with Crippen LogP contribution in [0, 0.1) is 11.2 Å². The number of carbonyl (C=O) groups excluding carboxylic acids is 1. The Kier molecular flexibility index (Phi) is 5.48. The van der Waals surface area contributed by atoms with E-state index in [0.29, 0.717) is 23.3 Å². The molecule has 8 heteroatoms. The van der Waals surface area contributed by atoms with Gasteiger partial charge in [0.1, 0.15) is 17.6 Å². The monoisotopic (exact) mass is 464 g/mol. The lowest BCUT2D eigenvalue weighted by atomic mass is 9.73. The van der Waals surface area contributed by atoms with Crippen LogP contribution in [0.5, 0.6) is 5.75 Å². The molecule has 0 fully saturated rings. The fourth-order valence-electron chi connectivity index (χ4n) is 4.52. The quantitative estimate of drug-likeness (QED) is 0.512. The number of aromatic nitrogens is 3. The number of thioether (sulfide) groups is 1. The number of anilines is 1. The fraction of sp³-hybridized carbons (Fsp3) is 0.320. The first kappa shape index (κ1) is 21.7. The number of fused-ring (bicyclic) bond motifs is 1. The molecule has 0 amide bonds. The van der Waals surface area contributed by atoms with Crippen molar-refractivity contribution in [1.82, 2.24) is 14.8 Å². The summed E-state index contributed by atoms with van der Waals surface area (Å²) in [5, 5.41) is 8.71. The Morgan fingerprint density at radius 1 is 1.21 bits per heavy atom. The highest BCUT2D eigenvalue weighted by Gasteiger charge is 2.41. The van der Waals surface area contributed by atoms with Crippen LogP contribution in [0.25, 0.3) is 0 Å². The largest absolute Gasteiger partial charge is 0.497 e. The van der Waals surface area contributed by atoms with E-state index < -0.39 is 0 Å². The summed E-state index contributed by atoms with van der Waals surface area (Å²) in [4.78, 5) is 18.0. The van der Waals surface area contributed by atoms with Crippen LogP contribution in [-0.2, 0) is 10.5 Å². The lowest BCUT2D eigenvalue weighted by Crippen LogP contribution is -2.36. The van der Waals surface area contributed by atoms with Crippen molar-refractivity contribution in [3.8, 4) is 5.75 Å². The summed E-state index contributed by atoms with van der Waals surface area (Å²) in [6.45, 7) is 4.22. The molecule has 1 aliphatic carbocycles. The summed E-state index contributed by atoms with van der Waals surface area (Å²) in [6, 6.07) is 13.9. The highest BCUT2D eigenvalue weighted by Crippen LogP contribution is 2.45. The van der Waals surface area contributed by atoms with Gasteiger partial charge >= 0.3 is 0 Å². The first-order valence-electron chi connectivity index (χ1n) is 10.8. The van der Waals surface area contributed by atoms with Crippen LogP contribution >= 0.6 is 11.8 Å². The number of Topliss-reactive ketones (excluding diaryl/α,β-unsaturated/α-hetero) is 1. The van der Waals surface area contributed by atoms with Gasteiger partial charge < -0.3 is 10.1 Å². The Labute approximate surface area is 196 Å². The molecule has 0 saturated carbocycles. The van der Waals surface area contributed by atoms with Crippen molar-refractivity contribution in [3.63, 3.8) is 0 Å². The van der Waals surface area contributed by atoms with Crippen LogP contribution in [0.1, 0.15) is 43.9 Å². The van der Waals surface area contributed by atoms with Crippen molar-refractivity contribution in [1.29, 1.82) is 0 Å². The van der Waals surface area contributed by atoms with Gasteiger partial charge in [0.05, 0.1) is 7.11 Å². The summed E-state index contributed by atoms with van der Waals surface area (Å²) in [5.41, 5.74) is 3.36. The van der Waals surface area contributed by atoms with Gasteiger partial charge in [-0.15, -0.1) is 5.10 Å². The van der Waals surface area contributed by atoms with Crippen molar-refractivity contribution < 1.29 is 13.9 Å². The van der Waals surface area contributed by atoms with E-state index in [1.165, 1.54) is 23.9 Å². The first-order valence-corrected chi connectivity index (χ1v) is 11.8. The summed E-state index contributed by atoms with van der Waals surface area (Å²) in [5.74, 6) is 1.78. The molecule has 2 aliphatic rings. The summed E-state index contributed by atoms with van der Waals surface area (Å²) < 4.78 is 20.6. The van der Waals surface area contributed by atoms with Gasteiger partial charge in [0, 0.05) is 23.4 Å². The lowest BCUT2D eigenvalue weighted by Gasteiger charge is -2.38. The average molecular weight is 465 g/mol. The molecule has 5 rings (SSSR count). The molecular weight excluding hydrogens is 439 g/mol. The summed E-state index contributed by atoms with van der Waals surface area (Å²) in [6.07, 6.45) is 1.25. The van der Waals surface area contributed by atoms with Gasteiger partial charge in [-0.3, -0.25) is 4.79 Å². The number of hydrogen-bond donors (Lipinski definition) is 1. The average Bonchev–Trinajstić information content (AvgIpc) is 3.18. The molecule has 0 radical (unpaired) electrons. The number of allylic oxidation sites excluding steroid dienone is 2. The molecule has 0 spiro atoms. The van der Waals surface area contributed by atoms with Gasteiger partial charge in [-0.25, -0.2) is 9.07 Å². The molecule has 0 saturated heterocycles. The van der Waals surface area contributed by atoms with E-state index in [9.17, 15) is 9.18 Å². The second kappa shape index (κ2) is 8.33. The van der Waals surface area contributed by atoms with E-state index in [-0.39, 0.29) is 23.1 Å². The van der Waals surface area contributed by atoms with Gasteiger partial charge in [-0.05, 0) is 47.2 Å². The molecule has 1 atom stereocenters. The van der Waals surface area contributed by atoms with Gasteiger partial charge in [-0.1, -0.05) is 49.9 Å². The zero-order chi connectivity index (χ0) is 23.2. The van der Waals surface area contributed by atoms with Crippen molar-refractivity contribution in [2.45, 2.75) is 43.6 Å². The molecule has 0 unspecified atom stereocenters. The summed E-state index contributed by atoms with van der Waals surface area (Å²) in [7, 11) is 1.63. The first-order chi connectivity index (χ1) is 15.8. The van der Waals surface area contributed by atoms with Crippen molar-refractivity contribution in [2.75, 3.05) is 12.4 Å². The number of rotatable bonds is 5. The smallest absolute Gasteiger partial charge is 0.227 e. The Hall–Kier alpha value is -3.13. The van der Waals surface area contributed by atoms with Gasteiger partial charge in [0.2, 0.25) is 11.1 Å². The van der Waals surface area contributed by atoms with E-state index in [4.69, 9.17) is 14.8 Å². The van der Waals surface area contributed by atoms with E-state index in [1.54, 1.807) is 17.9 Å². The minimum Gasteiger partial charge on any atom is -0.497 e. The van der Waals surface area contributed by atoms with Crippen LogP contribution in [-0.4, -0.2) is 27.7 Å². The number of halogens is 1. The van der Waals surface area contributed by atoms with E-state index in [0.717, 1.165) is 34.6 Å². The maximum atomic E-state index is 13.5. The highest BCUT2D eigenvalue weighted by atomic mass is 32.2. The minimum absolute atomic E-state index is 0.121. The molecular formula is C25H25FN4O2S. The number of nitrogens with zero attached hydrogens (tertiary/aromatic N) is 3. The van der Waals surface area contributed by atoms with Gasteiger partial charge in [0.15, 0.2) is 5.78 Å². The topological polar surface area (TPSA) is 69.0 Å². The Bertz CT molecular complexity index is 1250. The lowest BCUT2D eigenvalue weighted by molar-refractivity contribution is -0.118. The molecule has 3 aromatic rings.